The number of aromatic amines is 1. The summed E-state index contributed by atoms with van der Waals surface area (Å²) >= 11 is 0. The Labute approximate surface area is 185 Å². The van der Waals surface area contributed by atoms with Crippen LogP contribution >= 0.6 is 0 Å². The minimum absolute atomic E-state index is 0.0798. The van der Waals surface area contributed by atoms with E-state index in [1.54, 1.807) is 24.1 Å². The van der Waals surface area contributed by atoms with Gasteiger partial charge in [0.1, 0.15) is 11.3 Å². The number of nitrogens with zero attached hydrogens (tertiary/aromatic N) is 4. The average Bonchev–Trinajstić information content (AvgIpc) is 3.23. The molecule has 0 bridgehead atoms. The molecule has 1 aromatic carbocycles. The summed E-state index contributed by atoms with van der Waals surface area (Å²) < 4.78 is 2.33. The van der Waals surface area contributed by atoms with Gasteiger partial charge in [-0.3, -0.25) is 18.7 Å². The number of pyridine rings is 1. The van der Waals surface area contributed by atoms with E-state index < -0.39 is 11.2 Å². The zero-order valence-corrected chi connectivity index (χ0v) is 18.9. The molecular weight excluding hydrogens is 406 g/mol. The third kappa shape index (κ3) is 3.62. The van der Waals surface area contributed by atoms with Crippen molar-refractivity contribution < 1.29 is 4.79 Å². The molecule has 0 aliphatic rings. The summed E-state index contributed by atoms with van der Waals surface area (Å²) in [5, 5.41) is 1.30. The molecule has 0 aliphatic carbocycles. The van der Waals surface area contributed by atoms with Gasteiger partial charge in [-0.1, -0.05) is 13.8 Å². The molecule has 0 aliphatic heterocycles. The predicted molar refractivity (Wildman–Crippen MR) is 126 cm³/mol. The van der Waals surface area contributed by atoms with Gasteiger partial charge in [0.2, 0.25) is 0 Å². The second-order valence-electron chi connectivity index (χ2n) is 8.68. The van der Waals surface area contributed by atoms with E-state index in [1.807, 2.05) is 37.4 Å². The fourth-order valence-electron chi connectivity index (χ4n) is 4.25. The zero-order chi connectivity index (χ0) is 23.2. The number of anilines is 1. The summed E-state index contributed by atoms with van der Waals surface area (Å²) in [5.41, 5.74) is 1.23. The van der Waals surface area contributed by atoms with Crippen LogP contribution in [0, 0.1) is 5.92 Å². The standard InChI is InChI=1S/C24H27N5O3/c1-14(2)12-15(3)29(17-6-8-19-16(13-17)10-11-25-19)23(31)20-9-7-18-21(26-20)27(4)24(32)28(5)22(18)30/h6-11,13-15,25H,12H2,1-5H3. The maximum Gasteiger partial charge on any atom is 0.332 e. The molecule has 3 aromatic heterocycles. The van der Waals surface area contributed by atoms with E-state index in [0.717, 1.165) is 27.6 Å². The molecule has 32 heavy (non-hydrogen) atoms. The molecule has 8 heteroatoms. The minimum Gasteiger partial charge on any atom is -0.361 e. The number of nitrogens with one attached hydrogen (secondary N) is 1. The lowest BCUT2D eigenvalue weighted by Gasteiger charge is -2.30. The number of carbonyl (C=O) groups excluding carboxylic acids is 1. The highest BCUT2D eigenvalue weighted by Crippen LogP contribution is 2.27. The van der Waals surface area contributed by atoms with Gasteiger partial charge in [0.05, 0.1) is 5.39 Å². The lowest BCUT2D eigenvalue weighted by atomic mass is 10.0. The van der Waals surface area contributed by atoms with Crippen molar-refractivity contribution >= 4 is 33.5 Å². The lowest BCUT2D eigenvalue weighted by Crippen LogP contribution is -2.40. The molecule has 0 saturated heterocycles. The van der Waals surface area contributed by atoms with Crippen LogP contribution in [-0.4, -0.2) is 31.1 Å². The molecule has 4 aromatic rings. The molecule has 0 fully saturated rings. The normalized spacial score (nSPS) is 12.6. The summed E-state index contributed by atoms with van der Waals surface area (Å²) in [5.74, 6) is 0.118. The van der Waals surface area contributed by atoms with Gasteiger partial charge in [0, 0.05) is 42.9 Å². The molecule has 4 rings (SSSR count). The summed E-state index contributed by atoms with van der Waals surface area (Å²) in [6, 6.07) is 10.9. The highest BCUT2D eigenvalue weighted by molar-refractivity contribution is 6.07. The Kier molecular flexibility index (Phi) is 5.46. The molecular formula is C24H27N5O3. The highest BCUT2D eigenvalue weighted by atomic mass is 16.2. The monoisotopic (exact) mass is 433 g/mol. The number of hydrogen-bond donors (Lipinski definition) is 1. The minimum atomic E-state index is -0.484. The highest BCUT2D eigenvalue weighted by Gasteiger charge is 2.26. The van der Waals surface area contributed by atoms with Crippen LogP contribution in [-0.2, 0) is 14.1 Å². The Hall–Kier alpha value is -3.68. The predicted octanol–water partition coefficient (Wildman–Crippen LogP) is 3.19. The van der Waals surface area contributed by atoms with E-state index in [9.17, 15) is 14.4 Å². The van der Waals surface area contributed by atoms with Crippen molar-refractivity contribution in [3.05, 3.63) is 69.1 Å². The van der Waals surface area contributed by atoms with Gasteiger partial charge in [-0.05, 0) is 55.7 Å². The van der Waals surface area contributed by atoms with Crippen molar-refractivity contribution in [3.63, 3.8) is 0 Å². The lowest BCUT2D eigenvalue weighted by molar-refractivity contribution is 0.0971. The van der Waals surface area contributed by atoms with Gasteiger partial charge >= 0.3 is 5.69 Å². The van der Waals surface area contributed by atoms with Crippen molar-refractivity contribution in [2.45, 2.75) is 33.2 Å². The third-order valence-corrected chi connectivity index (χ3v) is 5.81. The first-order chi connectivity index (χ1) is 15.2. The Morgan fingerprint density at radius 1 is 1.06 bits per heavy atom. The van der Waals surface area contributed by atoms with Crippen LogP contribution < -0.4 is 16.1 Å². The first-order valence-corrected chi connectivity index (χ1v) is 10.7. The van der Waals surface area contributed by atoms with Gasteiger partial charge < -0.3 is 9.88 Å². The van der Waals surface area contributed by atoms with Crippen molar-refractivity contribution in [1.82, 2.24) is 19.1 Å². The fourth-order valence-corrected chi connectivity index (χ4v) is 4.25. The second kappa shape index (κ2) is 8.11. The van der Waals surface area contributed by atoms with Gasteiger partial charge in [-0.2, -0.15) is 0 Å². The largest absolute Gasteiger partial charge is 0.361 e. The molecule has 166 valence electrons. The van der Waals surface area contributed by atoms with E-state index in [-0.39, 0.29) is 23.3 Å². The van der Waals surface area contributed by atoms with E-state index in [2.05, 4.69) is 23.8 Å². The second-order valence-corrected chi connectivity index (χ2v) is 8.68. The Morgan fingerprint density at radius 2 is 1.81 bits per heavy atom. The first kappa shape index (κ1) is 21.5. The zero-order valence-electron chi connectivity index (χ0n) is 18.9. The van der Waals surface area contributed by atoms with Crippen molar-refractivity contribution in [2.24, 2.45) is 20.0 Å². The molecule has 0 radical (unpaired) electrons. The number of carbonyl (C=O) groups is 1. The molecule has 1 N–H and O–H groups in total. The van der Waals surface area contributed by atoms with Crippen LogP contribution in [0.4, 0.5) is 5.69 Å². The average molecular weight is 434 g/mol. The summed E-state index contributed by atoms with van der Waals surface area (Å²) in [4.78, 5) is 47.9. The smallest absolute Gasteiger partial charge is 0.332 e. The maximum atomic E-state index is 13.7. The van der Waals surface area contributed by atoms with Crippen molar-refractivity contribution in [1.29, 1.82) is 0 Å². The number of H-pyrrole nitrogens is 1. The van der Waals surface area contributed by atoms with Crippen LogP contribution in [0.1, 0.15) is 37.7 Å². The molecule has 1 atom stereocenters. The SMILES string of the molecule is CC(C)CC(C)N(C(=O)c1ccc2c(=O)n(C)c(=O)n(C)c2n1)c1ccc2[nH]ccc2c1. The number of amides is 1. The summed E-state index contributed by atoms with van der Waals surface area (Å²) in [7, 11) is 2.97. The van der Waals surface area contributed by atoms with Crippen LogP contribution in [0.5, 0.6) is 0 Å². The quantitative estimate of drug-likeness (QED) is 0.523. The van der Waals surface area contributed by atoms with Gasteiger partial charge in [0.15, 0.2) is 0 Å². The Balaban J connectivity index is 1.85. The maximum absolute atomic E-state index is 13.7. The topological polar surface area (TPSA) is 93.0 Å². The summed E-state index contributed by atoms with van der Waals surface area (Å²) in [6.45, 7) is 6.26. The van der Waals surface area contributed by atoms with Crippen molar-refractivity contribution in [2.75, 3.05) is 4.90 Å². The number of benzene rings is 1. The molecule has 3 heterocycles. The Bertz CT molecular complexity index is 1440. The van der Waals surface area contributed by atoms with Crippen LogP contribution in [0.15, 0.2) is 52.2 Å². The number of aromatic nitrogens is 4. The number of fused-ring (bicyclic) bond motifs is 2. The van der Waals surface area contributed by atoms with Crippen LogP contribution in [0.2, 0.25) is 0 Å². The summed E-state index contributed by atoms with van der Waals surface area (Å²) in [6.07, 6.45) is 2.67. The van der Waals surface area contributed by atoms with Crippen molar-refractivity contribution in [3.8, 4) is 0 Å². The van der Waals surface area contributed by atoms with E-state index in [1.165, 1.54) is 11.6 Å². The molecule has 8 nitrogen and oxygen atoms in total. The van der Waals surface area contributed by atoms with E-state index in [4.69, 9.17) is 0 Å². The Morgan fingerprint density at radius 3 is 2.53 bits per heavy atom. The van der Waals surface area contributed by atoms with E-state index >= 15 is 0 Å². The van der Waals surface area contributed by atoms with Crippen LogP contribution in [0.3, 0.4) is 0 Å². The number of rotatable bonds is 5. The van der Waals surface area contributed by atoms with Gasteiger partial charge in [-0.25, -0.2) is 9.78 Å². The van der Waals surface area contributed by atoms with Gasteiger partial charge in [-0.15, -0.1) is 0 Å². The molecule has 0 spiro atoms. The fraction of sp³-hybridized carbons (Fsp3) is 0.333. The third-order valence-electron chi connectivity index (χ3n) is 5.81. The number of aryl methyl sites for hydroxylation is 1. The number of hydrogen-bond acceptors (Lipinski definition) is 4. The van der Waals surface area contributed by atoms with E-state index in [0.29, 0.717) is 11.3 Å². The van der Waals surface area contributed by atoms with Gasteiger partial charge in [0.25, 0.3) is 11.5 Å². The first-order valence-electron chi connectivity index (χ1n) is 10.7. The molecule has 1 unspecified atom stereocenters. The molecule has 0 saturated carbocycles. The van der Waals surface area contributed by atoms with Crippen LogP contribution in [0.25, 0.3) is 21.9 Å². The molecule has 1 amide bonds.